The van der Waals surface area contributed by atoms with E-state index < -0.39 is 9.84 Å². The van der Waals surface area contributed by atoms with Crippen LogP contribution in [0.15, 0.2) is 18.2 Å². The quantitative estimate of drug-likeness (QED) is 0.537. The maximum atomic E-state index is 11.3. The minimum atomic E-state index is -2.96. The summed E-state index contributed by atoms with van der Waals surface area (Å²) in [5.74, 6) is 1.22. The second kappa shape index (κ2) is 7.13. The largest absolute Gasteiger partial charge is 0.493 e. The molecule has 19 heavy (non-hydrogen) atoms. The molecular formula is C13H18O5S. The third-order valence-electron chi connectivity index (χ3n) is 2.62. The fraction of sp³-hybridized carbons (Fsp3) is 0.462. The number of hydrogen-bond donors (Lipinski definition) is 0. The zero-order chi connectivity index (χ0) is 14.3. The number of rotatable bonds is 8. The molecule has 0 unspecified atom stereocenters. The van der Waals surface area contributed by atoms with Crippen molar-refractivity contribution in [3.63, 3.8) is 0 Å². The minimum absolute atomic E-state index is 0.109. The van der Waals surface area contributed by atoms with E-state index in [0.29, 0.717) is 23.5 Å². The molecule has 0 amide bonds. The van der Waals surface area contributed by atoms with Crippen LogP contribution in [-0.4, -0.2) is 39.9 Å². The summed E-state index contributed by atoms with van der Waals surface area (Å²) in [4.78, 5) is 10.6. The highest BCUT2D eigenvalue weighted by molar-refractivity contribution is 7.91. The van der Waals surface area contributed by atoms with Gasteiger partial charge in [-0.2, -0.15) is 0 Å². The van der Waals surface area contributed by atoms with Gasteiger partial charge in [0, 0.05) is 11.3 Å². The molecule has 0 N–H and O–H groups in total. The molecule has 0 aliphatic heterocycles. The Labute approximate surface area is 113 Å². The first-order chi connectivity index (χ1) is 9.02. The molecule has 0 atom stereocenters. The first kappa shape index (κ1) is 15.5. The maximum Gasteiger partial charge on any atom is 0.161 e. The van der Waals surface area contributed by atoms with Gasteiger partial charge < -0.3 is 9.47 Å². The highest BCUT2D eigenvalue weighted by Gasteiger charge is 2.08. The van der Waals surface area contributed by atoms with Crippen molar-refractivity contribution in [1.29, 1.82) is 0 Å². The average molecular weight is 286 g/mol. The normalized spacial score (nSPS) is 11.1. The number of carbonyl (C=O) groups is 1. The van der Waals surface area contributed by atoms with E-state index in [-0.39, 0.29) is 18.1 Å². The Morgan fingerprint density at radius 2 is 2.00 bits per heavy atom. The fourth-order valence-electron chi connectivity index (χ4n) is 1.48. The molecule has 1 aromatic carbocycles. The lowest BCUT2D eigenvalue weighted by Crippen LogP contribution is -2.12. The summed E-state index contributed by atoms with van der Waals surface area (Å²) in [6.45, 7) is 1.91. The first-order valence-corrected chi connectivity index (χ1v) is 7.81. The van der Waals surface area contributed by atoms with Crippen LogP contribution >= 0.6 is 0 Å². The van der Waals surface area contributed by atoms with Crippen molar-refractivity contribution in [3.8, 4) is 11.5 Å². The lowest BCUT2D eigenvalue weighted by atomic mass is 10.2. The van der Waals surface area contributed by atoms with E-state index >= 15 is 0 Å². The van der Waals surface area contributed by atoms with Gasteiger partial charge in [0.25, 0.3) is 0 Å². The SMILES string of the molecule is CCS(=O)(=O)CCCOc1ccc(C=O)cc1OC. The number of carbonyl (C=O) groups excluding carboxylic acids is 1. The second-order valence-corrected chi connectivity index (χ2v) is 6.44. The Hall–Kier alpha value is -1.56. The van der Waals surface area contributed by atoms with E-state index in [1.807, 2.05) is 0 Å². The fourth-order valence-corrected chi connectivity index (χ4v) is 2.33. The third kappa shape index (κ3) is 4.90. The van der Waals surface area contributed by atoms with Crippen LogP contribution in [0.1, 0.15) is 23.7 Å². The molecule has 0 bridgehead atoms. The van der Waals surface area contributed by atoms with Crippen LogP contribution in [-0.2, 0) is 9.84 Å². The summed E-state index contributed by atoms with van der Waals surface area (Å²) in [5, 5.41) is 0. The van der Waals surface area contributed by atoms with Gasteiger partial charge in [-0.15, -0.1) is 0 Å². The molecule has 1 aromatic rings. The number of ether oxygens (including phenoxy) is 2. The molecule has 0 aromatic heterocycles. The van der Waals surface area contributed by atoms with Crippen molar-refractivity contribution in [2.75, 3.05) is 25.2 Å². The summed E-state index contributed by atoms with van der Waals surface area (Å²) in [7, 11) is -1.47. The zero-order valence-electron chi connectivity index (χ0n) is 11.1. The summed E-state index contributed by atoms with van der Waals surface area (Å²) in [6.07, 6.45) is 1.15. The summed E-state index contributed by atoms with van der Waals surface area (Å²) < 4.78 is 33.2. The van der Waals surface area contributed by atoms with E-state index in [9.17, 15) is 13.2 Å². The molecule has 0 radical (unpaired) electrons. The number of aldehydes is 1. The molecule has 5 nitrogen and oxygen atoms in total. The van der Waals surface area contributed by atoms with E-state index in [2.05, 4.69) is 0 Å². The van der Waals surface area contributed by atoms with Gasteiger partial charge in [-0.05, 0) is 24.6 Å². The monoisotopic (exact) mass is 286 g/mol. The molecule has 0 fully saturated rings. The van der Waals surface area contributed by atoms with Crippen molar-refractivity contribution in [2.24, 2.45) is 0 Å². The Bertz CT molecular complexity index is 522. The van der Waals surface area contributed by atoms with E-state index in [1.54, 1.807) is 25.1 Å². The number of benzene rings is 1. The zero-order valence-corrected chi connectivity index (χ0v) is 11.9. The highest BCUT2D eigenvalue weighted by atomic mass is 32.2. The molecule has 6 heteroatoms. The van der Waals surface area contributed by atoms with Crippen LogP contribution in [0.4, 0.5) is 0 Å². The smallest absolute Gasteiger partial charge is 0.161 e. The lowest BCUT2D eigenvalue weighted by Gasteiger charge is -2.10. The summed E-state index contributed by atoms with van der Waals surface area (Å²) in [6, 6.07) is 4.83. The lowest BCUT2D eigenvalue weighted by molar-refractivity contribution is 0.112. The van der Waals surface area contributed by atoms with Crippen molar-refractivity contribution in [2.45, 2.75) is 13.3 Å². The molecular weight excluding hydrogens is 268 g/mol. The minimum Gasteiger partial charge on any atom is -0.493 e. The molecule has 0 heterocycles. The third-order valence-corrected chi connectivity index (χ3v) is 4.41. The van der Waals surface area contributed by atoms with Gasteiger partial charge in [-0.3, -0.25) is 4.79 Å². The molecule has 0 saturated carbocycles. The van der Waals surface area contributed by atoms with E-state index in [1.165, 1.54) is 7.11 Å². The van der Waals surface area contributed by atoms with Gasteiger partial charge >= 0.3 is 0 Å². The molecule has 1 rings (SSSR count). The van der Waals surface area contributed by atoms with Crippen LogP contribution in [0.2, 0.25) is 0 Å². The topological polar surface area (TPSA) is 69.7 Å². The molecule has 106 valence electrons. The predicted octanol–water partition coefficient (Wildman–Crippen LogP) is 1.71. The number of sulfone groups is 1. The Morgan fingerprint density at radius 3 is 2.58 bits per heavy atom. The average Bonchev–Trinajstić information content (AvgIpc) is 2.43. The van der Waals surface area contributed by atoms with Gasteiger partial charge in [-0.1, -0.05) is 6.92 Å². The van der Waals surface area contributed by atoms with Gasteiger partial charge in [0.15, 0.2) is 11.5 Å². The van der Waals surface area contributed by atoms with Crippen LogP contribution < -0.4 is 9.47 Å². The molecule has 0 spiro atoms. The van der Waals surface area contributed by atoms with Gasteiger partial charge in [-0.25, -0.2) is 8.42 Å². The Balaban J connectivity index is 2.56. The van der Waals surface area contributed by atoms with Crippen molar-refractivity contribution < 1.29 is 22.7 Å². The highest BCUT2D eigenvalue weighted by Crippen LogP contribution is 2.27. The maximum absolute atomic E-state index is 11.3. The van der Waals surface area contributed by atoms with Gasteiger partial charge in [0.1, 0.15) is 16.1 Å². The molecule has 0 aliphatic carbocycles. The number of methoxy groups -OCH3 is 1. The van der Waals surface area contributed by atoms with Crippen molar-refractivity contribution in [3.05, 3.63) is 23.8 Å². The van der Waals surface area contributed by atoms with E-state index in [0.717, 1.165) is 6.29 Å². The van der Waals surface area contributed by atoms with Crippen LogP contribution in [0.25, 0.3) is 0 Å². The summed E-state index contributed by atoms with van der Waals surface area (Å²) in [5.41, 5.74) is 0.498. The van der Waals surface area contributed by atoms with Crippen LogP contribution in [0.3, 0.4) is 0 Å². The standard InChI is InChI=1S/C13H18O5S/c1-3-19(15,16)8-4-7-18-12-6-5-11(10-14)9-13(12)17-2/h5-6,9-10H,3-4,7-8H2,1-2H3. The van der Waals surface area contributed by atoms with Crippen LogP contribution in [0, 0.1) is 0 Å². The Kier molecular flexibility index (Phi) is 5.82. The van der Waals surface area contributed by atoms with E-state index in [4.69, 9.17) is 9.47 Å². The van der Waals surface area contributed by atoms with Crippen LogP contribution in [0.5, 0.6) is 11.5 Å². The molecule has 0 aliphatic rings. The second-order valence-electron chi connectivity index (χ2n) is 3.97. The van der Waals surface area contributed by atoms with Gasteiger partial charge in [0.2, 0.25) is 0 Å². The Morgan fingerprint density at radius 1 is 1.26 bits per heavy atom. The predicted molar refractivity (Wildman–Crippen MR) is 72.8 cm³/mol. The van der Waals surface area contributed by atoms with Crippen molar-refractivity contribution >= 4 is 16.1 Å². The van der Waals surface area contributed by atoms with Gasteiger partial charge in [0.05, 0.1) is 19.5 Å². The first-order valence-electron chi connectivity index (χ1n) is 5.99. The van der Waals surface area contributed by atoms with Crippen molar-refractivity contribution in [1.82, 2.24) is 0 Å². The number of hydrogen-bond acceptors (Lipinski definition) is 5. The molecule has 0 saturated heterocycles. The summed E-state index contributed by atoms with van der Waals surface area (Å²) >= 11 is 0.